The molecule has 0 aromatic heterocycles. The van der Waals surface area contributed by atoms with Crippen molar-refractivity contribution in [1.82, 2.24) is 21.3 Å². The summed E-state index contributed by atoms with van der Waals surface area (Å²) in [6.07, 6.45) is 2.18. The van der Waals surface area contributed by atoms with E-state index in [0.717, 1.165) is 44.1 Å². The molecule has 108 valence electrons. The summed E-state index contributed by atoms with van der Waals surface area (Å²) in [7, 11) is 0. The topological polar surface area (TPSA) is 48.1 Å². The Bertz CT molecular complexity index is 187. The minimum absolute atomic E-state index is 0.559. The molecule has 0 heterocycles. The zero-order chi connectivity index (χ0) is 13.8. The van der Waals surface area contributed by atoms with E-state index < -0.39 is 0 Å². The van der Waals surface area contributed by atoms with Crippen LogP contribution in [0.25, 0.3) is 0 Å². The smallest absolute Gasteiger partial charge is 0.166 e. The highest BCUT2D eigenvalue weighted by Gasteiger charge is 1.96. The zero-order valence-electron chi connectivity index (χ0n) is 12.3. The summed E-state index contributed by atoms with van der Waals surface area (Å²) in [5.41, 5.74) is 0. The van der Waals surface area contributed by atoms with Gasteiger partial charge in [-0.15, -0.1) is 0 Å². The third-order valence-electron chi connectivity index (χ3n) is 2.38. The quantitative estimate of drug-likeness (QED) is 0.357. The maximum Gasteiger partial charge on any atom is 0.166 e. The van der Waals surface area contributed by atoms with E-state index in [2.05, 4.69) is 49.0 Å². The number of hydrogen-bond donors (Lipinski definition) is 4. The average Bonchev–Trinajstić information content (AvgIpc) is 2.27. The van der Waals surface area contributed by atoms with E-state index in [-0.39, 0.29) is 0 Å². The van der Waals surface area contributed by atoms with E-state index in [1.54, 1.807) is 0 Å². The van der Waals surface area contributed by atoms with Gasteiger partial charge in [0.1, 0.15) is 0 Å². The molecule has 18 heavy (non-hydrogen) atoms. The largest absolute Gasteiger partial charge is 0.363 e. The van der Waals surface area contributed by atoms with Gasteiger partial charge < -0.3 is 21.3 Å². The lowest BCUT2D eigenvalue weighted by Gasteiger charge is -2.12. The molecular weight excluding hydrogens is 244 g/mol. The highest BCUT2D eigenvalue weighted by molar-refractivity contribution is 7.80. The van der Waals surface area contributed by atoms with Gasteiger partial charge in [0.05, 0.1) is 0 Å². The molecule has 0 spiro atoms. The standard InChI is InChI=1S/C13H30N4S/c1-11(2)14-7-5-9-16-13(18)17-10-6-8-15-12(3)4/h11-12,14-15H,5-10H2,1-4H3,(H2,16,17,18). The van der Waals surface area contributed by atoms with Gasteiger partial charge in [0, 0.05) is 25.2 Å². The van der Waals surface area contributed by atoms with Crippen molar-refractivity contribution in [3.05, 3.63) is 0 Å². The predicted molar refractivity (Wildman–Crippen MR) is 84.1 cm³/mol. The third kappa shape index (κ3) is 13.7. The Balaban J connectivity index is 3.22. The monoisotopic (exact) mass is 274 g/mol. The molecule has 4 nitrogen and oxygen atoms in total. The van der Waals surface area contributed by atoms with Crippen molar-refractivity contribution >= 4 is 17.3 Å². The van der Waals surface area contributed by atoms with Crippen LogP contribution in [0.4, 0.5) is 0 Å². The summed E-state index contributed by atoms with van der Waals surface area (Å²) >= 11 is 5.19. The summed E-state index contributed by atoms with van der Waals surface area (Å²) in [6.45, 7) is 12.5. The van der Waals surface area contributed by atoms with Crippen LogP contribution in [0.3, 0.4) is 0 Å². The molecule has 0 aromatic rings. The van der Waals surface area contributed by atoms with E-state index in [1.165, 1.54) is 0 Å². The van der Waals surface area contributed by atoms with E-state index >= 15 is 0 Å². The first-order valence-corrected chi connectivity index (χ1v) is 7.41. The Labute approximate surface area is 118 Å². The van der Waals surface area contributed by atoms with Crippen molar-refractivity contribution in [2.75, 3.05) is 26.2 Å². The fraction of sp³-hybridized carbons (Fsp3) is 0.923. The number of nitrogens with one attached hydrogen (secondary N) is 4. The Morgan fingerprint density at radius 2 is 1.17 bits per heavy atom. The summed E-state index contributed by atoms with van der Waals surface area (Å²) in [5.74, 6) is 0. The van der Waals surface area contributed by atoms with Gasteiger partial charge in [-0.25, -0.2) is 0 Å². The van der Waals surface area contributed by atoms with Crippen molar-refractivity contribution in [2.24, 2.45) is 0 Å². The molecule has 0 saturated carbocycles. The Kier molecular flexibility index (Phi) is 11.4. The highest BCUT2D eigenvalue weighted by Crippen LogP contribution is 1.81. The van der Waals surface area contributed by atoms with Gasteiger partial charge in [0.15, 0.2) is 5.11 Å². The van der Waals surface area contributed by atoms with Gasteiger partial charge in [-0.3, -0.25) is 0 Å². The second-order valence-electron chi connectivity index (χ2n) is 5.11. The molecule has 0 saturated heterocycles. The predicted octanol–water partition coefficient (Wildman–Crippen LogP) is 1.23. The van der Waals surface area contributed by atoms with Crippen LogP contribution < -0.4 is 21.3 Å². The Morgan fingerprint density at radius 1 is 0.778 bits per heavy atom. The van der Waals surface area contributed by atoms with Gasteiger partial charge in [-0.1, -0.05) is 27.7 Å². The fourth-order valence-electron chi connectivity index (χ4n) is 1.42. The van der Waals surface area contributed by atoms with Crippen molar-refractivity contribution in [1.29, 1.82) is 0 Å². The van der Waals surface area contributed by atoms with Crippen LogP contribution in [0.1, 0.15) is 40.5 Å². The van der Waals surface area contributed by atoms with Crippen LogP contribution in [-0.2, 0) is 0 Å². The molecular formula is C13H30N4S. The fourth-order valence-corrected chi connectivity index (χ4v) is 1.63. The van der Waals surface area contributed by atoms with Crippen molar-refractivity contribution in [3.8, 4) is 0 Å². The van der Waals surface area contributed by atoms with Crippen LogP contribution >= 0.6 is 12.2 Å². The molecule has 0 bridgehead atoms. The van der Waals surface area contributed by atoms with Crippen LogP contribution in [-0.4, -0.2) is 43.4 Å². The molecule has 4 N–H and O–H groups in total. The van der Waals surface area contributed by atoms with Crippen LogP contribution in [0.2, 0.25) is 0 Å². The lowest BCUT2D eigenvalue weighted by molar-refractivity contribution is 0.561. The molecule has 0 unspecified atom stereocenters. The highest BCUT2D eigenvalue weighted by atomic mass is 32.1. The number of hydrogen-bond acceptors (Lipinski definition) is 3. The van der Waals surface area contributed by atoms with E-state index in [0.29, 0.717) is 12.1 Å². The second kappa shape index (κ2) is 11.7. The second-order valence-corrected chi connectivity index (χ2v) is 5.52. The van der Waals surface area contributed by atoms with Crippen molar-refractivity contribution < 1.29 is 0 Å². The summed E-state index contributed by atoms with van der Waals surface area (Å²) < 4.78 is 0. The SMILES string of the molecule is CC(C)NCCCNC(=S)NCCCNC(C)C. The molecule has 0 amide bonds. The zero-order valence-corrected chi connectivity index (χ0v) is 13.1. The molecule has 0 aromatic carbocycles. The van der Waals surface area contributed by atoms with Gasteiger partial charge in [-0.05, 0) is 38.1 Å². The Hall–Kier alpha value is -0.390. The maximum absolute atomic E-state index is 5.19. The minimum Gasteiger partial charge on any atom is -0.363 e. The van der Waals surface area contributed by atoms with Gasteiger partial charge in [0.2, 0.25) is 0 Å². The average molecular weight is 274 g/mol. The first-order chi connectivity index (χ1) is 8.52. The van der Waals surface area contributed by atoms with Crippen molar-refractivity contribution in [3.63, 3.8) is 0 Å². The molecule has 0 aliphatic carbocycles. The number of thiocarbonyl (C=S) groups is 1. The Morgan fingerprint density at radius 3 is 1.50 bits per heavy atom. The van der Waals surface area contributed by atoms with Crippen LogP contribution in [0.15, 0.2) is 0 Å². The minimum atomic E-state index is 0.559. The summed E-state index contributed by atoms with van der Waals surface area (Å²) in [5, 5.41) is 14.0. The van der Waals surface area contributed by atoms with E-state index in [1.807, 2.05) is 0 Å². The van der Waals surface area contributed by atoms with Gasteiger partial charge in [0.25, 0.3) is 0 Å². The first kappa shape index (κ1) is 17.6. The summed E-state index contributed by atoms with van der Waals surface area (Å²) in [4.78, 5) is 0. The molecule has 0 aliphatic rings. The maximum atomic E-state index is 5.19. The van der Waals surface area contributed by atoms with Gasteiger partial charge >= 0.3 is 0 Å². The molecule has 0 radical (unpaired) electrons. The molecule has 0 rings (SSSR count). The number of rotatable bonds is 10. The van der Waals surface area contributed by atoms with E-state index in [4.69, 9.17) is 12.2 Å². The first-order valence-electron chi connectivity index (χ1n) is 7.01. The van der Waals surface area contributed by atoms with Crippen LogP contribution in [0, 0.1) is 0 Å². The van der Waals surface area contributed by atoms with Crippen molar-refractivity contribution in [2.45, 2.75) is 52.6 Å². The molecule has 5 heteroatoms. The summed E-state index contributed by atoms with van der Waals surface area (Å²) in [6, 6.07) is 1.12. The molecule has 0 atom stereocenters. The van der Waals surface area contributed by atoms with E-state index in [9.17, 15) is 0 Å². The molecule has 0 aliphatic heterocycles. The molecule has 0 fully saturated rings. The lowest BCUT2D eigenvalue weighted by Crippen LogP contribution is -2.38. The third-order valence-corrected chi connectivity index (χ3v) is 2.67. The lowest BCUT2D eigenvalue weighted by atomic mass is 10.3. The van der Waals surface area contributed by atoms with Gasteiger partial charge in [-0.2, -0.15) is 0 Å². The van der Waals surface area contributed by atoms with Crippen LogP contribution in [0.5, 0.6) is 0 Å². The normalized spacial score (nSPS) is 11.0.